The van der Waals surface area contributed by atoms with E-state index in [2.05, 4.69) is 15.5 Å². The van der Waals surface area contributed by atoms with Gasteiger partial charge in [0.2, 0.25) is 5.82 Å². The zero-order valence-electron chi connectivity index (χ0n) is 17.9. The molecule has 6 nitrogen and oxygen atoms in total. The fourth-order valence-corrected chi connectivity index (χ4v) is 6.15. The molecule has 1 aromatic carbocycles. The quantitative estimate of drug-likeness (QED) is 0.771. The minimum absolute atomic E-state index is 0.131. The van der Waals surface area contributed by atoms with Crippen molar-refractivity contribution >= 4 is 0 Å². The van der Waals surface area contributed by atoms with Gasteiger partial charge in [-0.2, -0.15) is 0 Å². The number of aromatic nitrogens is 4. The lowest BCUT2D eigenvalue weighted by Crippen LogP contribution is -3.29. The zero-order chi connectivity index (χ0) is 20.3. The van der Waals surface area contributed by atoms with Crippen LogP contribution in [-0.4, -0.2) is 52.4 Å². The highest BCUT2D eigenvalue weighted by Gasteiger charge is 2.40. The van der Waals surface area contributed by atoms with Crippen LogP contribution in [0.15, 0.2) is 24.3 Å². The molecule has 1 saturated heterocycles. The summed E-state index contributed by atoms with van der Waals surface area (Å²) in [6.45, 7) is 4.41. The van der Waals surface area contributed by atoms with E-state index in [4.69, 9.17) is 0 Å². The van der Waals surface area contributed by atoms with Crippen molar-refractivity contribution in [3.05, 3.63) is 41.5 Å². The molecule has 0 radical (unpaired) electrons. The molecule has 3 fully saturated rings. The average Bonchev–Trinajstić information content (AvgIpc) is 3.49. The Morgan fingerprint density at radius 1 is 0.900 bits per heavy atom. The first-order chi connectivity index (χ1) is 14.8. The van der Waals surface area contributed by atoms with Crippen molar-refractivity contribution < 1.29 is 14.2 Å². The van der Waals surface area contributed by atoms with Crippen LogP contribution in [0.3, 0.4) is 0 Å². The van der Waals surface area contributed by atoms with E-state index >= 15 is 0 Å². The first kappa shape index (κ1) is 20.1. The highest BCUT2D eigenvalue weighted by atomic mass is 19.1. The van der Waals surface area contributed by atoms with E-state index < -0.39 is 0 Å². The molecule has 3 aliphatic rings. The SMILES string of the molecule is Fc1ccccc1[C@@H](c1nnnn1C1CCCCC1)[NH+]1CC[NH+](C2CCCC2)CC1. The smallest absolute Gasteiger partial charge is 0.214 e. The Morgan fingerprint density at radius 3 is 2.33 bits per heavy atom. The Bertz CT molecular complexity index is 819. The van der Waals surface area contributed by atoms with Crippen LogP contribution < -0.4 is 9.80 Å². The third kappa shape index (κ3) is 4.02. The molecular weight excluding hydrogens is 379 g/mol. The molecular formula is C23H35FN6+2. The van der Waals surface area contributed by atoms with Crippen LogP contribution in [-0.2, 0) is 0 Å². The largest absolute Gasteiger partial charge is 0.323 e. The molecule has 7 heteroatoms. The molecule has 1 aliphatic heterocycles. The normalized spacial score (nSPS) is 27.4. The van der Waals surface area contributed by atoms with E-state index in [1.807, 2.05) is 16.8 Å². The fourth-order valence-electron chi connectivity index (χ4n) is 6.15. The van der Waals surface area contributed by atoms with Gasteiger partial charge in [-0.3, -0.25) is 0 Å². The van der Waals surface area contributed by atoms with Gasteiger partial charge in [-0.15, -0.1) is 5.10 Å². The lowest BCUT2D eigenvalue weighted by atomic mass is 9.95. The maximum absolute atomic E-state index is 15.0. The highest BCUT2D eigenvalue weighted by Crippen LogP contribution is 2.30. The Hall–Kier alpha value is -1.86. The zero-order valence-corrected chi connectivity index (χ0v) is 17.9. The number of benzene rings is 1. The molecule has 5 rings (SSSR count). The summed E-state index contributed by atoms with van der Waals surface area (Å²) in [4.78, 5) is 3.17. The van der Waals surface area contributed by atoms with Gasteiger partial charge in [-0.1, -0.05) is 31.4 Å². The van der Waals surface area contributed by atoms with E-state index in [9.17, 15) is 4.39 Å². The summed E-state index contributed by atoms with van der Waals surface area (Å²) in [5.41, 5.74) is 0.740. The van der Waals surface area contributed by atoms with Crippen molar-refractivity contribution in [2.45, 2.75) is 75.9 Å². The summed E-state index contributed by atoms with van der Waals surface area (Å²) >= 11 is 0. The van der Waals surface area contributed by atoms with Gasteiger partial charge in [-0.05, 0) is 61.1 Å². The summed E-state index contributed by atoms with van der Waals surface area (Å²) in [6, 6.07) is 8.29. The van der Waals surface area contributed by atoms with Crippen molar-refractivity contribution in [2.75, 3.05) is 26.2 Å². The topological polar surface area (TPSA) is 52.5 Å². The second-order valence-corrected chi connectivity index (χ2v) is 9.53. The number of rotatable bonds is 5. The molecule has 1 aromatic heterocycles. The molecule has 0 spiro atoms. The standard InChI is InChI=1S/C23H33FN6/c24-21-13-7-6-12-20(21)22(23-25-26-27-30(23)19-10-2-1-3-11-19)29-16-14-28(15-17-29)18-8-4-5-9-18/h6-7,12-13,18-19,22H,1-5,8-11,14-17H2/p+2/t22-/m0/s1. The van der Waals surface area contributed by atoms with Crippen LogP contribution in [0.2, 0.25) is 0 Å². The molecule has 2 aliphatic carbocycles. The number of halogens is 1. The van der Waals surface area contributed by atoms with Crippen molar-refractivity contribution in [2.24, 2.45) is 0 Å². The Morgan fingerprint density at radius 2 is 1.60 bits per heavy atom. The summed E-state index contributed by atoms with van der Waals surface area (Å²) in [6.07, 6.45) is 11.5. The van der Waals surface area contributed by atoms with Crippen molar-refractivity contribution in [3.8, 4) is 0 Å². The van der Waals surface area contributed by atoms with Gasteiger partial charge in [-0.25, -0.2) is 9.07 Å². The van der Waals surface area contributed by atoms with Crippen molar-refractivity contribution in [3.63, 3.8) is 0 Å². The predicted molar refractivity (Wildman–Crippen MR) is 112 cm³/mol. The lowest BCUT2D eigenvalue weighted by molar-refractivity contribution is -1.03. The number of tetrazole rings is 1. The van der Waals surface area contributed by atoms with Gasteiger partial charge in [0.05, 0.1) is 17.6 Å². The Labute approximate surface area is 178 Å². The third-order valence-electron chi connectivity index (χ3n) is 7.79. The van der Waals surface area contributed by atoms with Gasteiger partial charge in [0.15, 0.2) is 6.04 Å². The molecule has 0 unspecified atom stereocenters. The van der Waals surface area contributed by atoms with Crippen LogP contribution >= 0.6 is 0 Å². The van der Waals surface area contributed by atoms with Crippen LogP contribution in [0.4, 0.5) is 4.39 Å². The van der Waals surface area contributed by atoms with E-state index in [0.29, 0.717) is 6.04 Å². The minimum Gasteiger partial charge on any atom is -0.323 e. The van der Waals surface area contributed by atoms with E-state index in [0.717, 1.165) is 56.5 Å². The number of hydrogen-bond acceptors (Lipinski definition) is 3. The second kappa shape index (κ2) is 9.10. The fraction of sp³-hybridized carbons (Fsp3) is 0.696. The molecule has 2 heterocycles. The lowest BCUT2D eigenvalue weighted by Gasteiger charge is -2.37. The van der Waals surface area contributed by atoms with Crippen molar-refractivity contribution in [1.29, 1.82) is 0 Å². The number of nitrogens with zero attached hydrogens (tertiary/aromatic N) is 4. The average molecular weight is 415 g/mol. The van der Waals surface area contributed by atoms with Crippen molar-refractivity contribution in [1.82, 2.24) is 20.2 Å². The number of quaternary nitrogens is 2. The maximum Gasteiger partial charge on any atom is 0.214 e. The molecule has 1 atom stereocenters. The van der Waals surface area contributed by atoms with Gasteiger partial charge in [0.25, 0.3) is 0 Å². The summed E-state index contributed by atoms with van der Waals surface area (Å²) in [7, 11) is 0. The monoisotopic (exact) mass is 414 g/mol. The summed E-state index contributed by atoms with van der Waals surface area (Å²) in [5.74, 6) is 0.713. The first-order valence-corrected chi connectivity index (χ1v) is 12.0. The van der Waals surface area contributed by atoms with Gasteiger partial charge >= 0.3 is 0 Å². The Balaban J connectivity index is 1.43. The molecule has 0 amide bonds. The minimum atomic E-state index is -0.140. The predicted octanol–water partition coefficient (Wildman–Crippen LogP) is 1.13. The van der Waals surface area contributed by atoms with E-state index in [1.165, 1.54) is 49.8 Å². The maximum atomic E-state index is 15.0. The summed E-state index contributed by atoms with van der Waals surface area (Å²) in [5, 5.41) is 13.0. The van der Waals surface area contributed by atoms with Gasteiger partial charge in [0.1, 0.15) is 32.0 Å². The second-order valence-electron chi connectivity index (χ2n) is 9.53. The number of nitrogens with one attached hydrogen (secondary N) is 2. The highest BCUT2D eigenvalue weighted by molar-refractivity contribution is 5.24. The Kier molecular flexibility index (Phi) is 6.09. The molecule has 2 aromatic rings. The van der Waals surface area contributed by atoms with E-state index in [-0.39, 0.29) is 11.9 Å². The molecule has 30 heavy (non-hydrogen) atoms. The molecule has 2 N–H and O–H groups in total. The number of hydrogen-bond donors (Lipinski definition) is 2. The summed E-state index contributed by atoms with van der Waals surface area (Å²) < 4.78 is 17.0. The molecule has 162 valence electrons. The van der Waals surface area contributed by atoms with Gasteiger partial charge in [0, 0.05) is 0 Å². The number of piperazine rings is 1. The van der Waals surface area contributed by atoms with Gasteiger partial charge < -0.3 is 9.80 Å². The van der Waals surface area contributed by atoms with Crippen LogP contribution in [0.1, 0.15) is 81.3 Å². The first-order valence-electron chi connectivity index (χ1n) is 12.0. The van der Waals surface area contributed by atoms with Crippen LogP contribution in [0.25, 0.3) is 0 Å². The molecule has 0 bridgehead atoms. The van der Waals surface area contributed by atoms with Crippen LogP contribution in [0, 0.1) is 5.82 Å². The third-order valence-corrected chi connectivity index (χ3v) is 7.79. The van der Waals surface area contributed by atoms with Crippen LogP contribution in [0.5, 0.6) is 0 Å². The molecule has 2 saturated carbocycles. The van der Waals surface area contributed by atoms with E-state index in [1.54, 1.807) is 17.0 Å².